The van der Waals surface area contributed by atoms with E-state index in [1.165, 1.54) is 6.07 Å². The van der Waals surface area contributed by atoms with Crippen molar-refractivity contribution in [2.45, 2.75) is 37.9 Å². The Morgan fingerprint density at radius 1 is 1.12 bits per heavy atom. The number of aromatic nitrogens is 2. The second-order valence-electron chi connectivity index (χ2n) is 8.75. The number of para-hydroxylation sites is 1. The van der Waals surface area contributed by atoms with Gasteiger partial charge in [0.2, 0.25) is 5.88 Å². The van der Waals surface area contributed by atoms with E-state index in [9.17, 15) is 9.18 Å². The number of benzene rings is 1. The Labute approximate surface area is 197 Å². The molecular formula is C26H26FN3O4. The molecule has 4 heterocycles. The van der Waals surface area contributed by atoms with E-state index >= 15 is 0 Å². The fraction of sp³-hybridized carbons (Fsp3) is 0.346. The molecular weight excluding hydrogens is 437 g/mol. The molecule has 1 aromatic carbocycles. The first-order chi connectivity index (χ1) is 16.5. The molecule has 0 aliphatic carbocycles. The fourth-order valence-corrected chi connectivity index (χ4v) is 4.50. The predicted molar refractivity (Wildman–Crippen MR) is 123 cm³/mol. The molecule has 2 aliphatic heterocycles. The summed E-state index contributed by atoms with van der Waals surface area (Å²) < 4.78 is 31.8. The van der Waals surface area contributed by atoms with Crippen molar-refractivity contribution in [1.82, 2.24) is 14.9 Å². The maximum atomic E-state index is 13.9. The van der Waals surface area contributed by atoms with Crippen molar-refractivity contribution in [2.75, 3.05) is 19.7 Å². The quantitative estimate of drug-likeness (QED) is 0.552. The predicted octanol–water partition coefficient (Wildman–Crippen LogP) is 4.56. The normalized spacial score (nSPS) is 19.2. The summed E-state index contributed by atoms with van der Waals surface area (Å²) in [6, 6.07) is 13.5. The van der Waals surface area contributed by atoms with Crippen LogP contribution < -0.4 is 9.47 Å². The van der Waals surface area contributed by atoms with Gasteiger partial charge in [0.15, 0.2) is 11.6 Å². The molecule has 2 aliphatic rings. The van der Waals surface area contributed by atoms with Gasteiger partial charge in [-0.05, 0) is 56.2 Å². The smallest absolute Gasteiger partial charge is 0.259 e. The molecule has 34 heavy (non-hydrogen) atoms. The van der Waals surface area contributed by atoms with Crippen LogP contribution in [0, 0.1) is 12.7 Å². The van der Waals surface area contributed by atoms with Crippen LogP contribution in [0.25, 0.3) is 0 Å². The van der Waals surface area contributed by atoms with Crippen LogP contribution in [-0.4, -0.2) is 52.2 Å². The molecule has 0 unspecified atom stereocenters. The lowest BCUT2D eigenvalue weighted by atomic mass is 9.87. The van der Waals surface area contributed by atoms with E-state index in [4.69, 9.17) is 14.2 Å². The van der Waals surface area contributed by atoms with E-state index in [0.29, 0.717) is 50.3 Å². The zero-order valence-corrected chi connectivity index (χ0v) is 18.9. The Morgan fingerprint density at radius 2 is 1.94 bits per heavy atom. The number of carbonyl (C=O) groups excluding carboxylic acids is 1. The van der Waals surface area contributed by atoms with E-state index in [2.05, 4.69) is 9.97 Å². The van der Waals surface area contributed by atoms with Gasteiger partial charge < -0.3 is 19.1 Å². The lowest BCUT2D eigenvalue weighted by Gasteiger charge is -2.38. The zero-order valence-electron chi connectivity index (χ0n) is 18.9. The number of pyridine rings is 2. The molecule has 1 spiro atoms. The molecule has 0 bridgehead atoms. The Morgan fingerprint density at radius 3 is 2.71 bits per heavy atom. The van der Waals surface area contributed by atoms with E-state index in [-0.39, 0.29) is 35.1 Å². The molecule has 176 valence electrons. The third-order valence-electron chi connectivity index (χ3n) is 6.37. The highest BCUT2D eigenvalue weighted by Gasteiger charge is 2.44. The maximum Gasteiger partial charge on any atom is 0.259 e. The van der Waals surface area contributed by atoms with Gasteiger partial charge in [0, 0.05) is 31.4 Å². The molecule has 3 aromatic rings. The van der Waals surface area contributed by atoms with Crippen LogP contribution in [0.15, 0.2) is 60.9 Å². The molecule has 2 aromatic heterocycles. The van der Waals surface area contributed by atoms with Crippen molar-refractivity contribution >= 4 is 5.91 Å². The van der Waals surface area contributed by atoms with Gasteiger partial charge in [0.05, 0.1) is 18.4 Å². The number of ether oxygens (including phenoxy) is 3. The van der Waals surface area contributed by atoms with Crippen LogP contribution in [0.1, 0.15) is 35.3 Å². The van der Waals surface area contributed by atoms with Gasteiger partial charge in [-0.15, -0.1) is 0 Å². The van der Waals surface area contributed by atoms with Crippen molar-refractivity contribution in [3.63, 3.8) is 0 Å². The summed E-state index contributed by atoms with van der Waals surface area (Å²) in [5.41, 5.74) is 0.934. The largest absolute Gasteiger partial charge is 0.485 e. The van der Waals surface area contributed by atoms with E-state index in [0.717, 1.165) is 5.69 Å². The summed E-state index contributed by atoms with van der Waals surface area (Å²) in [5.74, 6) is 0.522. The lowest BCUT2D eigenvalue weighted by Crippen LogP contribution is -2.46. The molecule has 5 rings (SSSR count). The first kappa shape index (κ1) is 22.3. The molecule has 8 heteroatoms. The highest BCUT2D eigenvalue weighted by molar-refractivity contribution is 5.96. The monoisotopic (exact) mass is 463 g/mol. The topological polar surface area (TPSA) is 73.8 Å². The molecule has 0 N–H and O–H groups in total. The number of hydrogen-bond donors (Lipinski definition) is 0. The van der Waals surface area contributed by atoms with Gasteiger partial charge in [0.1, 0.15) is 17.4 Å². The average molecular weight is 464 g/mol. The Hall–Kier alpha value is -3.52. The summed E-state index contributed by atoms with van der Waals surface area (Å²) in [7, 11) is 0. The van der Waals surface area contributed by atoms with Gasteiger partial charge >= 0.3 is 0 Å². The van der Waals surface area contributed by atoms with Gasteiger partial charge in [-0.2, -0.15) is 0 Å². The summed E-state index contributed by atoms with van der Waals surface area (Å²) in [6.07, 6.45) is 5.05. The second-order valence-corrected chi connectivity index (χ2v) is 8.75. The minimum atomic E-state index is -0.375. The van der Waals surface area contributed by atoms with Crippen LogP contribution in [0.4, 0.5) is 4.39 Å². The number of hydrogen-bond acceptors (Lipinski definition) is 6. The average Bonchev–Trinajstić information content (AvgIpc) is 3.24. The minimum absolute atomic E-state index is 0.129. The number of likely N-dealkylation sites (tertiary alicyclic amines) is 1. The second kappa shape index (κ2) is 9.38. The summed E-state index contributed by atoms with van der Waals surface area (Å²) in [6.45, 7) is 3.40. The minimum Gasteiger partial charge on any atom is -0.485 e. The Bertz CT molecular complexity index is 1160. The third kappa shape index (κ3) is 4.72. The number of halogens is 1. The maximum absolute atomic E-state index is 13.9. The standard InChI is InChI=1S/C26H26FN3O4/c1-18-8-9-19(16-29-18)34-24-21(5-4-12-28-24)25(31)30-13-10-26(11-14-30)15-20(17-32-26)33-23-7-3-2-6-22(23)27/h2-9,12,16,20H,10-11,13-15,17H2,1H3/t20-/m0/s1. The number of rotatable bonds is 5. The van der Waals surface area contributed by atoms with Crippen LogP contribution in [0.3, 0.4) is 0 Å². The molecule has 2 saturated heterocycles. The van der Waals surface area contributed by atoms with Crippen LogP contribution >= 0.6 is 0 Å². The van der Waals surface area contributed by atoms with Crippen molar-refractivity contribution < 1.29 is 23.4 Å². The molecule has 1 atom stereocenters. The zero-order chi connectivity index (χ0) is 23.5. The van der Waals surface area contributed by atoms with E-state index in [1.54, 1.807) is 53.7 Å². The van der Waals surface area contributed by atoms with Gasteiger partial charge in [-0.1, -0.05) is 12.1 Å². The van der Waals surface area contributed by atoms with Crippen LogP contribution in [0.2, 0.25) is 0 Å². The summed E-state index contributed by atoms with van der Waals surface area (Å²) in [4.78, 5) is 23.6. The number of carbonyl (C=O) groups is 1. The summed E-state index contributed by atoms with van der Waals surface area (Å²) >= 11 is 0. The first-order valence-electron chi connectivity index (χ1n) is 11.4. The molecule has 0 radical (unpaired) electrons. The SMILES string of the molecule is Cc1ccc(Oc2ncccc2C(=O)N2CCC3(CC2)C[C@H](Oc2ccccc2F)CO3)cn1. The number of piperidine rings is 1. The van der Waals surface area contributed by atoms with Crippen molar-refractivity contribution in [2.24, 2.45) is 0 Å². The number of aryl methyl sites for hydroxylation is 1. The van der Waals surface area contributed by atoms with Crippen LogP contribution in [-0.2, 0) is 4.74 Å². The first-order valence-corrected chi connectivity index (χ1v) is 11.4. The van der Waals surface area contributed by atoms with Crippen LogP contribution in [0.5, 0.6) is 17.4 Å². The van der Waals surface area contributed by atoms with Crippen molar-refractivity contribution in [1.29, 1.82) is 0 Å². The molecule has 2 fully saturated rings. The fourth-order valence-electron chi connectivity index (χ4n) is 4.50. The highest BCUT2D eigenvalue weighted by atomic mass is 19.1. The lowest BCUT2D eigenvalue weighted by molar-refractivity contribution is -0.0396. The Kier molecular flexibility index (Phi) is 6.15. The number of amides is 1. The van der Waals surface area contributed by atoms with Gasteiger partial charge in [-0.3, -0.25) is 9.78 Å². The van der Waals surface area contributed by atoms with E-state index < -0.39 is 0 Å². The third-order valence-corrected chi connectivity index (χ3v) is 6.37. The molecule has 1 amide bonds. The van der Waals surface area contributed by atoms with Gasteiger partial charge in [-0.25, -0.2) is 9.37 Å². The van der Waals surface area contributed by atoms with Crippen molar-refractivity contribution in [3.05, 3.63) is 78.0 Å². The Balaban J connectivity index is 1.21. The highest BCUT2D eigenvalue weighted by Crippen LogP contribution is 2.38. The van der Waals surface area contributed by atoms with Crippen molar-refractivity contribution in [3.8, 4) is 17.4 Å². The summed E-state index contributed by atoms with van der Waals surface area (Å²) in [5, 5.41) is 0. The molecule has 7 nitrogen and oxygen atoms in total. The van der Waals surface area contributed by atoms with E-state index in [1.807, 2.05) is 13.0 Å². The molecule has 0 saturated carbocycles. The number of nitrogens with zero attached hydrogens (tertiary/aromatic N) is 3. The van der Waals surface area contributed by atoms with Gasteiger partial charge in [0.25, 0.3) is 5.91 Å².